The maximum Gasteiger partial charge on any atom is 0.407 e. The highest BCUT2D eigenvalue weighted by Gasteiger charge is 2.37. The number of nitrogens with zero attached hydrogens (tertiary/aromatic N) is 2. The first-order valence-electron chi connectivity index (χ1n) is 15.7. The van der Waals surface area contributed by atoms with Gasteiger partial charge in [0.05, 0.1) is 19.7 Å². The number of para-hydroxylation sites is 1. The average molecular weight is 617 g/mol. The summed E-state index contributed by atoms with van der Waals surface area (Å²) in [4.78, 5) is 55.1. The van der Waals surface area contributed by atoms with Gasteiger partial charge in [0.2, 0.25) is 11.8 Å². The number of hydrogen-bond donors (Lipinski definition) is 4. The maximum absolute atomic E-state index is 13.8. The van der Waals surface area contributed by atoms with Gasteiger partial charge in [0.25, 0.3) is 0 Å². The minimum atomic E-state index is -0.845. The van der Waals surface area contributed by atoms with Crippen molar-refractivity contribution in [2.45, 2.75) is 90.4 Å². The van der Waals surface area contributed by atoms with Gasteiger partial charge in [-0.2, -0.15) is 0 Å². The number of fused-ring (bicyclic) bond motifs is 1. The number of amides is 3. The molecule has 1 fully saturated rings. The molecule has 0 bridgehead atoms. The van der Waals surface area contributed by atoms with Crippen LogP contribution in [0.4, 0.5) is 10.5 Å². The number of alkyl carbamates (subject to hydrolysis) is 1. The van der Waals surface area contributed by atoms with E-state index in [0.29, 0.717) is 25.9 Å². The highest BCUT2D eigenvalue weighted by molar-refractivity contribution is 5.95. The smallest absolute Gasteiger partial charge is 0.407 e. The molecule has 4 atom stereocenters. The van der Waals surface area contributed by atoms with Crippen LogP contribution in [0.25, 0.3) is 0 Å². The number of nitrogens with one attached hydrogen (secondary N) is 2. The van der Waals surface area contributed by atoms with Crippen LogP contribution in [0.3, 0.4) is 0 Å². The highest BCUT2D eigenvalue weighted by atomic mass is 16.5. The second kappa shape index (κ2) is 16.2. The summed E-state index contributed by atoms with van der Waals surface area (Å²) in [6, 6.07) is 6.01. The Balaban J connectivity index is 1.74. The van der Waals surface area contributed by atoms with Gasteiger partial charge in [0.1, 0.15) is 12.1 Å². The van der Waals surface area contributed by atoms with E-state index in [1.54, 1.807) is 4.90 Å². The van der Waals surface area contributed by atoms with Crippen LogP contribution in [0, 0.1) is 11.3 Å². The minimum Gasteiger partial charge on any atom is -0.458 e. The highest BCUT2D eigenvalue weighted by Crippen LogP contribution is 2.33. The van der Waals surface area contributed by atoms with Gasteiger partial charge in [0.15, 0.2) is 0 Å². The van der Waals surface area contributed by atoms with Crippen molar-refractivity contribution in [2.75, 3.05) is 44.7 Å². The Morgan fingerprint density at radius 2 is 1.77 bits per heavy atom. The number of ether oxygens (including phenoxy) is 2. The lowest BCUT2D eigenvalue weighted by molar-refractivity contribution is -0.157. The fourth-order valence-electron chi connectivity index (χ4n) is 6.11. The molecule has 1 aromatic carbocycles. The second-order valence-corrected chi connectivity index (χ2v) is 13.2. The van der Waals surface area contributed by atoms with E-state index in [2.05, 4.69) is 15.5 Å². The van der Waals surface area contributed by atoms with Gasteiger partial charge < -0.3 is 36.5 Å². The van der Waals surface area contributed by atoms with Crippen molar-refractivity contribution in [1.29, 1.82) is 0 Å². The molecule has 0 spiro atoms. The number of carbonyl (C=O) groups is 4. The Hall–Kier alpha value is -3.22. The third-order valence-corrected chi connectivity index (χ3v) is 8.43. The number of likely N-dealkylation sites (tertiary alicyclic amines) is 1. The number of carbonyl (C=O) groups excluding carboxylic acids is 4. The number of piperidine rings is 1. The largest absolute Gasteiger partial charge is 0.458 e. The van der Waals surface area contributed by atoms with Gasteiger partial charge in [-0.3, -0.25) is 14.5 Å². The second-order valence-electron chi connectivity index (χ2n) is 13.2. The molecule has 3 rings (SSSR count). The fraction of sp³-hybridized carbons (Fsp3) is 0.688. The molecular weight excluding hydrogens is 564 g/mol. The van der Waals surface area contributed by atoms with Crippen molar-refractivity contribution >= 4 is 29.6 Å². The van der Waals surface area contributed by atoms with Crippen molar-refractivity contribution < 1.29 is 28.7 Å². The normalized spacial score (nSPS) is 19.4. The van der Waals surface area contributed by atoms with E-state index >= 15 is 0 Å². The van der Waals surface area contributed by atoms with Crippen LogP contribution in [0.15, 0.2) is 24.3 Å². The number of anilines is 1. The lowest BCUT2D eigenvalue weighted by Gasteiger charge is -2.38. The van der Waals surface area contributed by atoms with E-state index < -0.39 is 41.6 Å². The summed E-state index contributed by atoms with van der Waals surface area (Å²) in [5, 5.41) is 5.51. The van der Waals surface area contributed by atoms with Crippen molar-refractivity contribution in [3.63, 3.8) is 0 Å². The molecule has 0 saturated carbocycles. The van der Waals surface area contributed by atoms with Gasteiger partial charge in [-0.1, -0.05) is 52.3 Å². The zero-order valence-corrected chi connectivity index (χ0v) is 27.0. The summed E-state index contributed by atoms with van der Waals surface area (Å²) >= 11 is 0. The summed E-state index contributed by atoms with van der Waals surface area (Å²) < 4.78 is 10.8. The summed E-state index contributed by atoms with van der Waals surface area (Å²) in [7, 11) is 1.32. The van der Waals surface area contributed by atoms with Crippen LogP contribution in [0.1, 0.15) is 65.4 Å². The molecule has 3 amide bonds. The zero-order chi connectivity index (χ0) is 32.4. The van der Waals surface area contributed by atoms with Crippen LogP contribution in [0.2, 0.25) is 0 Å². The average Bonchev–Trinajstić information content (AvgIpc) is 2.98. The molecule has 1 saturated heterocycles. The SMILES string of the molecule is COC(=O)NC1Cc2ccccc2N(C(=O)CC(C)(C)C[C@H](N)C(CN2CCCCC2)OC(=O)C(NC(=O)CN)C(C)C)C1. The predicted octanol–water partition coefficient (Wildman–Crippen LogP) is 1.93. The van der Waals surface area contributed by atoms with E-state index in [9.17, 15) is 19.2 Å². The Morgan fingerprint density at radius 3 is 2.41 bits per heavy atom. The fourth-order valence-corrected chi connectivity index (χ4v) is 6.11. The first-order chi connectivity index (χ1) is 20.8. The Morgan fingerprint density at radius 1 is 1.09 bits per heavy atom. The van der Waals surface area contributed by atoms with Crippen LogP contribution in [0.5, 0.6) is 0 Å². The first-order valence-corrected chi connectivity index (χ1v) is 15.7. The predicted molar refractivity (Wildman–Crippen MR) is 169 cm³/mol. The Bertz CT molecular complexity index is 1140. The third kappa shape index (κ3) is 10.2. The number of hydrogen-bond acceptors (Lipinski definition) is 9. The summed E-state index contributed by atoms with van der Waals surface area (Å²) in [6.45, 7) is 10.0. The molecule has 12 nitrogen and oxygen atoms in total. The van der Waals surface area contributed by atoms with Gasteiger partial charge in [-0.05, 0) is 61.7 Å². The maximum atomic E-state index is 13.8. The van der Waals surface area contributed by atoms with Gasteiger partial charge in [0, 0.05) is 31.2 Å². The van der Waals surface area contributed by atoms with Crippen molar-refractivity contribution in [3.05, 3.63) is 29.8 Å². The summed E-state index contributed by atoms with van der Waals surface area (Å²) in [5.74, 6) is -1.26. The zero-order valence-electron chi connectivity index (χ0n) is 27.0. The molecule has 6 N–H and O–H groups in total. The Kier molecular flexibility index (Phi) is 13.0. The standard InChI is InChI=1S/C32H52N6O6/c1-21(2)29(36-27(39)18-33)30(41)44-26(20-37-13-9-6-10-14-37)24(34)16-32(3,4)17-28(40)38-19-23(35-31(42)43-5)15-22-11-7-8-12-25(22)38/h7-8,11-12,21,23-24,26,29H,6,9-10,13-20,33-34H2,1-5H3,(H,35,42)(H,36,39)/t23?,24-,26?,29?/m0/s1. The molecule has 0 aliphatic carbocycles. The molecule has 12 heteroatoms. The molecule has 2 heterocycles. The van der Waals surface area contributed by atoms with Crippen molar-refractivity contribution in [1.82, 2.24) is 15.5 Å². The molecule has 0 aromatic heterocycles. The van der Waals surface area contributed by atoms with Gasteiger partial charge in [-0.15, -0.1) is 0 Å². The minimum absolute atomic E-state index is 0.0834. The van der Waals surface area contributed by atoms with Gasteiger partial charge >= 0.3 is 12.1 Å². The van der Waals surface area contributed by atoms with Gasteiger partial charge in [-0.25, -0.2) is 9.59 Å². The number of benzene rings is 1. The number of nitrogens with two attached hydrogens (primary N) is 2. The van der Waals surface area contributed by atoms with Crippen LogP contribution in [-0.4, -0.2) is 92.8 Å². The van der Waals surface area contributed by atoms with Crippen LogP contribution in [-0.2, 0) is 30.3 Å². The van der Waals surface area contributed by atoms with E-state index in [1.807, 2.05) is 52.0 Å². The third-order valence-electron chi connectivity index (χ3n) is 8.43. The molecule has 44 heavy (non-hydrogen) atoms. The number of methoxy groups -OCH3 is 1. The molecule has 1 aromatic rings. The van der Waals surface area contributed by atoms with Crippen molar-refractivity contribution in [2.24, 2.45) is 22.8 Å². The van der Waals surface area contributed by atoms with E-state index in [0.717, 1.165) is 37.2 Å². The summed E-state index contributed by atoms with van der Waals surface area (Å²) in [5.41, 5.74) is 13.5. The number of esters is 1. The van der Waals surface area contributed by atoms with E-state index in [1.165, 1.54) is 13.5 Å². The van der Waals surface area contributed by atoms with Crippen LogP contribution < -0.4 is 27.0 Å². The molecule has 3 unspecified atom stereocenters. The van der Waals surface area contributed by atoms with E-state index in [-0.39, 0.29) is 30.8 Å². The lowest BCUT2D eigenvalue weighted by Crippen LogP contribution is -2.53. The van der Waals surface area contributed by atoms with Crippen LogP contribution >= 0.6 is 0 Å². The topological polar surface area (TPSA) is 169 Å². The number of rotatable bonds is 13. The quantitative estimate of drug-likeness (QED) is 0.242. The van der Waals surface area contributed by atoms with E-state index in [4.69, 9.17) is 20.9 Å². The molecular formula is C32H52N6O6. The summed E-state index contributed by atoms with van der Waals surface area (Å²) in [6.07, 6.45) is 3.35. The molecule has 2 aliphatic rings. The van der Waals surface area contributed by atoms with Crippen molar-refractivity contribution in [3.8, 4) is 0 Å². The molecule has 0 radical (unpaired) electrons. The Labute approximate surface area is 261 Å². The first kappa shape index (κ1) is 35.3. The lowest BCUT2D eigenvalue weighted by atomic mass is 9.80. The molecule has 2 aliphatic heterocycles. The monoisotopic (exact) mass is 616 g/mol. The molecule has 246 valence electrons.